The van der Waals surface area contributed by atoms with Gasteiger partial charge in [-0.3, -0.25) is 18.1 Å². The second-order valence-electron chi connectivity index (χ2n) is 14.0. The number of fused-ring (bicyclic) bond motifs is 10. The number of benzene rings is 7. The molecule has 262 valence electrons. The van der Waals surface area contributed by atoms with Crippen molar-refractivity contribution in [2.75, 3.05) is 0 Å². The number of nitrogens with zero attached hydrogens (tertiary/aromatic N) is 8. The summed E-state index contributed by atoms with van der Waals surface area (Å²) in [7, 11) is 0. The number of para-hydroxylation sites is 5. The molecule has 0 spiro atoms. The van der Waals surface area contributed by atoms with Crippen LogP contribution in [0.2, 0.25) is 0 Å². The van der Waals surface area contributed by atoms with Gasteiger partial charge in [0.05, 0.1) is 27.6 Å². The van der Waals surface area contributed by atoms with Crippen molar-refractivity contribution in [2.45, 2.75) is 0 Å². The van der Waals surface area contributed by atoms with E-state index in [2.05, 4.69) is 139 Å². The van der Waals surface area contributed by atoms with Crippen molar-refractivity contribution in [3.8, 4) is 40.1 Å². The van der Waals surface area contributed by atoms with E-state index >= 15 is 0 Å². The van der Waals surface area contributed by atoms with Crippen LogP contribution in [-0.4, -0.2) is 38.0 Å². The molecule has 5 heterocycles. The molecule has 0 radical (unpaired) electrons. The van der Waals surface area contributed by atoms with Crippen LogP contribution in [0.4, 0.5) is 0 Å². The summed E-state index contributed by atoms with van der Waals surface area (Å²) in [6.45, 7) is 0. The van der Waals surface area contributed by atoms with E-state index < -0.39 is 0 Å². The van der Waals surface area contributed by atoms with E-state index in [9.17, 15) is 0 Å². The second kappa shape index (κ2) is 11.8. The van der Waals surface area contributed by atoms with Crippen LogP contribution in [0.3, 0.4) is 0 Å². The number of imidazole rings is 2. The normalized spacial score (nSPS) is 11.9. The molecule has 0 fully saturated rings. The van der Waals surface area contributed by atoms with E-state index in [1.54, 1.807) is 0 Å². The van der Waals surface area contributed by atoms with E-state index in [0.29, 0.717) is 17.6 Å². The second-order valence-corrected chi connectivity index (χ2v) is 14.0. The average Bonchev–Trinajstić information content (AvgIpc) is 3.99. The van der Waals surface area contributed by atoms with Crippen molar-refractivity contribution in [3.05, 3.63) is 182 Å². The van der Waals surface area contributed by atoms with E-state index in [0.717, 1.165) is 83.2 Å². The van der Waals surface area contributed by atoms with Gasteiger partial charge in [0.1, 0.15) is 5.52 Å². The third-order valence-corrected chi connectivity index (χ3v) is 10.8. The van der Waals surface area contributed by atoms with Gasteiger partial charge in [-0.15, -0.1) is 0 Å². The fourth-order valence-electron chi connectivity index (χ4n) is 8.41. The van der Waals surface area contributed by atoms with Gasteiger partial charge >= 0.3 is 0 Å². The number of hydrogen-bond acceptors (Lipinski definition) is 4. The maximum atomic E-state index is 5.47. The van der Waals surface area contributed by atoms with E-state index in [4.69, 9.17) is 19.9 Å². The number of rotatable bonds is 5. The highest BCUT2D eigenvalue weighted by atomic mass is 15.3. The van der Waals surface area contributed by atoms with Gasteiger partial charge in [-0.05, 0) is 54.6 Å². The molecule has 0 bridgehead atoms. The molecule has 8 nitrogen and oxygen atoms in total. The molecule has 0 saturated heterocycles. The summed E-state index contributed by atoms with van der Waals surface area (Å²) in [5.41, 5.74) is 11.3. The molecule has 0 aliphatic carbocycles. The Morgan fingerprint density at radius 2 is 0.875 bits per heavy atom. The molecule has 0 unspecified atom stereocenters. The van der Waals surface area contributed by atoms with Crippen LogP contribution in [0.15, 0.2) is 182 Å². The molecule has 0 aliphatic heterocycles. The van der Waals surface area contributed by atoms with E-state index in [1.165, 1.54) is 0 Å². The lowest BCUT2D eigenvalue weighted by Crippen LogP contribution is -2.06. The monoisotopic (exact) mass is 718 g/mol. The lowest BCUT2D eigenvalue weighted by molar-refractivity contribution is 0.953. The molecular weight excluding hydrogens is 689 g/mol. The predicted molar refractivity (Wildman–Crippen MR) is 225 cm³/mol. The summed E-state index contributed by atoms with van der Waals surface area (Å²) < 4.78 is 9.04. The highest BCUT2D eigenvalue weighted by Gasteiger charge is 2.24. The molecule has 12 rings (SSSR count). The SMILES string of the molecule is c1ccc(-c2nc(-c3ccccc3)nc(-n3c4ccccc4c4cc(-n5c6ccccc6n6c7c8ccccc8n(-c8ccccc8)c7nc56)ccc43)n2)cc1. The Labute approximate surface area is 319 Å². The number of aromatic nitrogens is 8. The predicted octanol–water partition coefficient (Wildman–Crippen LogP) is 11.0. The zero-order valence-corrected chi connectivity index (χ0v) is 29.9. The van der Waals surface area contributed by atoms with Gasteiger partial charge in [0.25, 0.3) is 0 Å². The maximum absolute atomic E-state index is 5.47. The molecule has 56 heavy (non-hydrogen) atoms. The van der Waals surface area contributed by atoms with Crippen LogP contribution in [0, 0.1) is 0 Å². The highest BCUT2D eigenvalue weighted by molar-refractivity contribution is 6.11. The van der Waals surface area contributed by atoms with Crippen molar-refractivity contribution in [2.24, 2.45) is 0 Å². The fraction of sp³-hybridized carbons (Fsp3) is 0. The molecule has 5 aromatic heterocycles. The summed E-state index contributed by atoms with van der Waals surface area (Å²) in [6.07, 6.45) is 0. The molecule has 0 aliphatic rings. The van der Waals surface area contributed by atoms with Gasteiger partial charge in [0, 0.05) is 38.7 Å². The molecule has 12 aromatic rings. The topological polar surface area (TPSA) is 70.8 Å². The van der Waals surface area contributed by atoms with Crippen LogP contribution in [0.25, 0.3) is 101 Å². The van der Waals surface area contributed by atoms with Crippen molar-refractivity contribution < 1.29 is 0 Å². The van der Waals surface area contributed by atoms with E-state index in [-0.39, 0.29) is 0 Å². The fourth-order valence-corrected chi connectivity index (χ4v) is 8.41. The summed E-state index contributed by atoms with van der Waals surface area (Å²) in [6, 6.07) is 63.0. The largest absolute Gasteiger partial charge is 0.292 e. The summed E-state index contributed by atoms with van der Waals surface area (Å²) in [4.78, 5) is 20.7. The Morgan fingerprint density at radius 1 is 0.339 bits per heavy atom. The minimum absolute atomic E-state index is 0.565. The van der Waals surface area contributed by atoms with Gasteiger partial charge in [-0.2, -0.15) is 15.0 Å². The smallest absolute Gasteiger partial charge is 0.238 e. The van der Waals surface area contributed by atoms with Gasteiger partial charge < -0.3 is 0 Å². The van der Waals surface area contributed by atoms with Crippen molar-refractivity contribution in [1.82, 2.24) is 38.0 Å². The quantitative estimate of drug-likeness (QED) is 0.178. The van der Waals surface area contributed by atoms with Crippen LogP contribution in [-0.2, 0) is 0 Å². The Bertz CT molecular complexity index is 3410. The third-order valence-electron chi connectivity index (χ3n) is 10.8. The van der Waals surface area contributed by atoms with Gasteiger partial charge in [-0.1, -0.05) is 127 Å². The molecule has 0 atom stereocenters. The van der Waals surface area contributed by atoms with Gasteiger partial charge in [-0.25, -0.2) is 4.98 Å². The minimum Gasteiger partial charge on any atom is -0.292 e. The van der Waals surface area contributed by atoms with Gasteiger partial charge in [0.15, 0.2) is 17.3 Å². The van der Waals surface area contributed by atoms with Crippen molar-refractivity contribution in [3.63, 3.8) is 0 Å². The van der Waals surface area contributed by atoms with Crippen molar-refractivity contribution >= 4 is 60.7 Å². The first-order valence-electron chi connectivity index (χ1n) is 18.7. The third kappa shape index (κ3) is 4.41. The first-order valence-corrected chi connectivity index (χ1v) is 18.7. The lowest BCUT2D eigenvalue weighted by atomic mass is 10.1. The van der Waals surface area contributed by atoms with Crippen LogP contribution >= 0.6 is 0 Å². The van der Waals surface area contributed by atoms with E-state index in [1.807, 2.05) is 60.7 Å². The van der Waals surface area contributed by atoms with Crippen LogP contribution in [0.1, 0.15) is 0 Å². The Hall–Kier alpha value is -7.84. The first kappa shape index (κ1) is 30.6. The maximum Gasteiger partial charge on any atom is 0.238 e. The Morgan fingerprint density at radius 3 is 1.55 bits per heavy atom. The summed E-state index contributed by atoms with van der Waals surface area (Å²) in [5.74, 6) is 2.66. The lowest BCUT2D eigenvalue weighted by Gasteiger charge is -2.11. The molecule has 7 aromatic carbocycles. The first-order chi connectivity index (χ1) is 27.8. The Kier molecular flexibility index (Phi) is 6.47. The average molecular weight is 719 g/mol. The zero-order valence-electron chi connectivity index (χ0n) is 29.9. The summed E-state index contributed by atoms with van der Waals surface area (Å²) in [5, 5.41) is 3.35. The molecule has 0 saturated carbocycles. The van der Waals surface area contributed by atoms with Crippen molar-refractivity contribution in [1.29, 1.82) is 0 Å². The Balaban J connectivity index is 1.13. The highest BCUT2D eigenvalue weighted by Crippen LogP contribution is 2.38. The molecule has 0 N–H and O–H groups in total. The molecule has 8 heteroatoms. The van der Waals surface area contributed by atoms with Crippen LogP contribution in [0.5, 0.6) is 0 Å². The van der Waals surface area contributed by atoms with Gasteiger partial charge in [0.2, 0.25) is 11.7 Å². The van der Waals surface area contributed by atoms with Crippen LogP contribution < -0.4 is 0 Å². The molecular formula is C48H30N8. The minimum atomic E-state index is 0.565. The standard InChI is InChI=1S/C48H30N8/c1-4-16-31(17-5-1)44-49-45(32-18-6-2-7-19-32)51-47(50-44)55-38-24-12-10-22-35(38)37-30-34(28-29-40(37)55)54-41-26-14-15-27-42(41)56-43-36-23-11-13-25-39(36)53(46(43)52-48(54)56)33-20-8-3-9-21-33/h1-30H. The summed E-state index contributed by atoms with van der Waals surface area (Å²) >= 11 is 0. The zero-order chi connectivity index (χ0) is 36.7. The molecule has 0 amide bonds. The number of hydrogen-bond donors (Lipinski definition) is 0.